The van der Waals surface area contributed by atoms with Crippen LogP contribution in [-0.4, -0.2) is 70.1 Å². The van der Waals surface area contributed by atoms with Gasteiger partial charge in [-0.3, -0.25) is 9.59 Å². The SMILES string of the molecule is COc1cc(C(=O)N[C@@H](CCSC)C(=O)OCC(=O)Nc2ccc(OC(F)(F)F)cc2)cc(OC)c1OC. The number of halogens is 3. The van der Waals surface area contributed by atoms with Crippen molar-refractivity contribution in [2.45, 2.75) is 18.8 Å². The van der Waals surface area contributed by atoms with E-state index < -0.39 is 42.5 Å². The minimum atomic E-state index is -4.84. The Morgan fingerprint density at radius 1 is 0.974 bits per heavy atom. The fourth-order valence-corrected chi connectivity index (χ4v) is 3.58. The van der Waals surface area contributed by atoms with Crippen LogP contribution >= 0.6 is 11.8 Å². The van der Waals surface area contributed by atoms with Crippen molar-refractivity contribution in [1.29, 1.82) is 0 Å². The maximum Gasteiger partial charge on any atom is 0.573 e. The lowest BCUT2D eigenvalue weighted by Crippen LogP contribution is -2.43. The van der Waals surface area contributed by atoms with Gasteiger partial charge in [0.15, 0.2) is 18.1 Å². The van der Waals surface area contributed by atoms with Crippen molar-refractivity contribution in [3.63, 3.8) is 0 Å². The summed E-state index contributed by atoms with van der Waals surface area (Å²) >= 11 is 1.44. The molecule has 0 aromatic heterocycles. The van der Waals surface area contributed by atoms with Gasteiger partial charge in [-0.05, 0) is 54.8 Å². The molecule has 0 aliphatic rings. The van der Waals surface area contributed by atoms with Gasteiger partial charge >= 0.3 is 12.3 Å². The number of esters is 1. The molecule has 0 aliphatic carbocycles. The van der Waals surface area contributed by atoms with E-state index in [0.717, 1.165) is 12.1 Å². The summed E-state index contributed by atoms with van der Waals surface area (Å²) in [4.78, 5) is 37.8. The van der Waals surface area contributed by atoms with Crippen LogP contribution in [-0.2, 0) is 14.3 Å². The van der Waals surface area contributed by atoms with Crippen LogP contribution in [0.3, 0.4) is 0 Å². The molecule has 0 saturated heterocycles. The average molecular weight is 561 g/mol. The van der Waals surface area contributed by atoms with E-state index in [1.54, 1.807) is 0 Å². The molecule has 2 N–H and O–H groups in total. The van der Waals surface area contributed by atoms with Crippen molar-refractivity contribution in [3.05, 3.63) is 42.0 Å². The molecule has 38 heavy (non-hydrogen) atoms. The highest BCUT2D eigenvalue weighted by Gasteiger charge is 2.31. The molecule has 1 atom stereocenters. The number of carbonyl (C=O) groups is 3. The number of ether oxygens (including phenoxy) is 5. The topological polar surface area (TPSA) is 121 Å². The summed E-state index contributed by atoms with van der Waals surface area (Å²) in [6.45, 7) is -0.685. The number of hydrogen-bond donors (Lipinski definition) is 2. The van der Waals surface area contributed by atoms with Crippen molar-refractivity contribution in [1.82, 2.24) is 5.32 Å². The number of hydrogen-bond acceptors (Lipinski definition) is 9. The summed E-state index contributed by atoms with van der Waals surface area (Å²) in [5.74, 6) is -1.36. The molecule has 0 unspecified atom stereocenters. The van der Waals surface area contributed by atoms with E-state index in [0.29, 0.717) is 11.5 Å². The predicted octanol–water partition coefficient (Wildman–Crippen LogP) is 3.64. The van der Waals surface area contributed by atoms with E-state index in [1.807, 2.05) is 6.26 Å². The van der Waals surface area contributed by atoms with Crippen LogP contribution < -0.4 is 29.6 Å². The zero-order valence-electron chi connectivity index (χ0n) is 21.0. The van der Waals surface area contributed by atoms with Crippen LogP contribution in [0.4, 0.5) is 18.9 Å². The highest BCUT2D eigenvalue weighted by molar-refractivity contribution is 7.98. The van der Waals surface area contributed by atoms with Gasteiger partial charge in [-0.15, -0.1) is 13.2 Å². The van der Waals surface area contributed by atoms with Crippen molar-refractivity contribution < 1.29 is 51.2 Å². The van der Waals surface area contributed by atoms with Crippen LogP contribution in [0.2, 0.25) is 0 Å². The zero-order chi connectivity index (χ0) is 28.3. The number of alkyl halides is 3. The number of carbonyl (C=O) groups excluding carboxylic acids is 3. The average Bonchev–Trinajstić information content (AvgIpc) is 2.88. The van der Waals surface area contributed by atoms with Gasteiger partial charge in [-0.2, -0.15) is 11.8 Å². The smallest absolute Gasteiger partial charge is 0.493 e. The second kappa shape index (κ2) is 14.2. The summed E-state index contributed by atoms with van der Waals surface area (Å²) in [6, 6.07) is 6.21. The Morgan fingerprint density at radius 2 is 1.58 bits per heavy atom. The van der Waals surface area contributed by atoms with Crippen LogP contribution in [0.1, 0.15) is 16.8 Å². The van der Waals surface area contributed by atoms with E-state index in [4.69, 9.17) is 18.9 Å². The Labute approximate surface area is 221 Å². The van der Waals surface area contributed by atoms with Gasteiger partial charge in [-0.1, -0.05) is 0 Å². The first-order valence-corrected chi connectivity index (χ1v) is 12.3. The molecular weight excluding hydrogens is 533 g/mol. The summed E-state index contributed by atoms with van der Waals surface area (Å²) < 4.78 is 61.3. The highest BCUT2D eigenvalue weighted by atomic mass is 32.2. The van der Waals surface area contributed by atoms with Crippen LogP contribution in [0.15, 0.2) is 36.4 Å². The molecule has 0 fully saturated rings. The van der Waals surface area contributed by atoms with Crippen molar-refractivity contribution in [3.8, 4) is 23.0 Å². The van der Waals surface area contributed by atoms with Gasteiger partial charge in [0.2, 0.25) is 5.75 Å². The largest absolute Gasteiger partial charge is 0.573 e. The highest BCUT2D eigenvalue weighted by Crippen LogP contribution is 2.38. The summed E-state index contributed by atoms with van der Waals surface area (Å²) in [5.41, 5.74) is 0.298. The Morgan fingerprint density at radius 3 is 2.08 bits per heavy atom. The number of amides is 2. The molecule has 2 aromatic carbocycles. The molecule has 0 bridgehead atoms. The molecule has 0 radical (unpaired) electrons. The maximum absolute atomic E-state index is 12.9. The number of rotatable bonds is 13. The Bertz CT molecular complexity index is 1090. The summed E-state index contributed by atoms with van der Waals surface area (Å²) in [5, 5.41) is 4.98. The lowest BCUT2D eigenvalue weighted by molar-refractivity contribution is -0.274. The van der Waals surface area contributed by atoms with Gasteiger partial charge in [0.05, 0.1) is 21.3 Å². The van der Waals surface area contributed by atoms with Gasteiger partial charge in [0.1, 0.15) is 11.8 Å². The fourth-order valence-electron chi connectivity index (χ4n) is 3.11. The number of benzene rings is 2. The van der Waals surface area contributed by atoms with Gasteiger partial charge in [0, 0.05) is 11.3 Å². The molecule has 0 saturated carbocycles. The lowest BCUT2D eigenvalue weighted by atomic mass is 10.1. The van der Waals surface area contributed by atoms with E-state index in [-0.39, 0.29) is 29.2 Å². The van der Waals surface area contributed by atoms with Gasteiger partial charge < -0.3 is 34.3 Å². The Balaban J connectivity index is 2.02. The third kappa shape index (κ3) is 9.25. The summed E-state index contributed by atoms with van der Waals surface area (Å²) in [7, 11) is 4.21. The number of thioether (sulfide) groups is 1. The fraction of sp³-hybridized carbons (Fsp3) is 0.375. The Kier molecular flexibility index (Phi) is 11.4. The second-order valence-electron chi connectivity index (χ2n) is 7.45. The third-order valence-electron chi connectivity index (χ3n) is 4.84. The molecular formula is C24H27F3N2O8S. The predicted molar refractivity (Wildman–Crippen MR) is 133 cm³/mol. The number of methoxy groups -OCH3 is 3. The minimum Gasteiger partial charge on any atom is -0.493 e. The van der Waals surface area contributed by atoms with Gasteiger partial charge in [-0.25, -0.2) is 4.79 Å². The maximum atomic E-state index is 12.9. The number of anilines is 1. The molecule has 2 aromatic rings. The molecule has 2 amide bonds. The Hall–Kier alpha value is -3.81. The molecule has 0 spiro atoms. The second-order valence-corrected chi connectivity index (χ2v) is 8.44. The number of nitrogens with one attached hydrogen (secondary N) is 2. The minimum absolute atomic E-state index is 0.136. The zero-order valence-corrected chi connectivity index (χ0v) is 21.8. The van der Waals surface area contributed by atoms with E-state index in [1.165, 1.54) is 57.4 Å². The first kappa shape index (κ1) is 30.4. The molecule has 0 heterocycles. The molecule has 0 aliphatic heterocycles. The van der Waals surface area contributed by atoms with E-state index in [2.05, 4.69) is 15.4 Å². The van der Waals surface area contributed by atoms with Crippen molar-refractivity contribution in [2.75, 3.05) is 45.3 Å². The molecule has 208 valence electrons. The standard InChI is InChI=1S/C24H27F3N2O8S/c1-33-18-11-14(12-19(34-2)21(18)35-3)22(31)29-17(9-10-38-4)23(32)36-13-20(30)28-15-5-7-16(8-6-15)37-24(25,26)27/h5-8,11-12,17H,9-10,13H2,1-4H3,(H,28,30)(H,29,31)/t17-/m0/s1. The van der Waals surface area contributed by atoms with Crippen molar-refractivity contribution in [2.24, 2.45) is 0 Å². The molecule has 10 nitrogen and oxygen atoms in total. The normalized spacial score (nSPS) is 11.7. The lowest BCUT2D eigenvalue weighted by Gasteiger charge is -2.18. The van der Waals surface area contributed by atoms with Crippen molar-refractivity contribution >= 4 is 35.2 Å². The van der Waals surface area contributed by atoms with Crippen LogP contribution in [0, 0.1) is 0 Å². The van der Waals surface area contributed by atoms with Crippen LogP contribution in [0.5, 0.6) is 23.0 Å². The first-order valence-electron chi connectivity index (χ1n) is 10.9. The van der Waals surface area contributed by atoms with E-state index in [9.17, 15) is 27.6 Å². The quantitative estimate of drug-likeness (QED) is 0.354. The monoisotopic (exact) mass is 560 g/mol. The third-order valence-corrected chi connectivity index (χ3v) is 5.49. The van der Waals surface area contributed by atoms with Gasteiger partial charge in [0.25, 0.3) is 11.8 Å². The first-order chi connectivity index (χ1) is 18.0. The van der Waals surface area contributed by atoms with E-state index >= 15 is 0 Å². The summed E-state index contributed by atoms with van der Waals surface area (Å²) in [6.07, 6.45) is -2.80. The molecule has 2 rings (SSSR count). The molecule has 14 heteroatoms. The van der Waals surface area contributed by atoms with Crippen LogP contribution in [0.25, 0.3) is 0 Å².